The van der Waals surface area contributed by atoms with Crippen LogP contribution in [0.2, 0.25) is 0 Å². The molecule has 6 aliphatic rings. The topological polar surface area (TPSA) is 0 Å². The second kappa shape index (κ2) is 10.6. The van der Waals surface area contributed by atoms with Crippen LogP contribution < -0.4 is 0 Å². The minimum Gasteiger partial charge on any atom is -0.0622 e. The second-order valence-electron chi connectivity index (χ2n) is 13.9. The van der Waals surface area contributed by atoms with Crippen LogP contribution in [0.4, 0.5) is 0 Å². The highest BCUT2D eigenvalue weighted by Gasteiger charge is 2.50. The zero-order valence-electron chi connectivity index (χ0n) is 27.3. The fourth-order valence-electron chi connectivity index (χ4n) is 9.67. The highest BCUT2D eigenvalue weighted by molar-refractivity contribution is 5.82. The van der Waals surface area contributed by atoms with Gasteiger partial charge in [0.2, 0.25) is 0 Å². The van der Waals surface area contributed by atoms with E-state index in [2.05, 4.69) is 181 Å². The van der Waals surface area contributed by atoms with Gasteiger partial charge in [0, 0.05) is 45.9 Å². The summed E-state index contributed by atoms with van der Waals surface area (Å²) < 4.78 is 0. The summed E-state index contributed by atoms with van der Waals surface area (Å²) in [6.07, 6.45) is 0. The maximum atomic E-state index is 3.91. The second-order valence-corrected chi connectivity index (χ2v) is 13.9. The van der Waals surface area contributed by atoms with E-state index in [1.165, 1.54) is 77.9 Å². The third-order valence-corrected chi connectivity index (χ3v) is 11.5. The first kappa shape index (κ1) is 27.6. The van der Waals surface area contributed by atoms with Gasteiger partial charge in [-0.25, -0.2) is 0 Å². The van der Waals surface area contributed by atoms with E-state index in [0.717, 1.165) is 11.1 Å². The summed E-state index contributed by atoms with van der Waals surface area (Å²) in [4.78, 5) is 0. The summed E-state index contributed by atoms with van der Waals surface area (Å²) in [7, 11) is 0. The molecule has 7 aromatic rings. The van der Waals surface area contributed by atoms with Gasteiger partial charge in [0.25, 0.3) is 0 Å². The van der Waals surface area contributed by atoms with Crippen molar-refractivity contribution < 1.29 is 0 Å². The molecule has 0 heterocycles. The third kappa shape index (κ3) is 3.74. The lowest BCUT2D eigenvalue weighted by atomic mass is 9.53. The van der Waals surface area contributed by atoms with Gasteiger partial charge in [-0.2, -0.15) is 0 Å². The van der Waals surface area contributed by atoms with Crippen molar-refractivity contribution in [2.45, 2.75) is 23.7 Å². The van der Waals surface area contributed by atoms with Crippen molar-refractivity contribution in [3.05, 3.63) is 247 Å². The Hall–Kier alpha value is -6.34. The molecule has 0 fully saturated rings. The van der Waals surface area contributed by atoms with Crippen LogP contribution >= 0.6 is 0 Å². The Morgan fingerprint density at radius 2 is 0.460 bits per heavy atom. The molecule has 7 aromatic carbocycles. The summed E-state index contributed by atoms with van der Waals surface area (Å²) in [5.41, 5.74) is 21.1. The van der Waals surface area contributed by atoms with Crippen molar-refractivity contribution in [2.24, 2.45) is 0 Å². The minimum atomic E-state index is 0.0796. The molecule has 0 amide bonds. The summed E-state index contributed by atoms with van der Waals surface area (Å²) in [5.74, 6) is 15.5. The average molecular weight is 631 g/mol. The van der Waals surface area contributed by atoms with Crippen molar-refractivity contribution in [3.63, 3.8) is 0 Å². The summed E-state index contributed by atoms with van der Waals surface area (Å²) in [6.45, 7) is 0. The first-order chi connectivity index (χ1) is 24.9. The quantitative estimate of drug-likeness (QED) is 0.146. The van der Waals surface area contributed by atoms with Crippen molar-refractivity contribution in [3.8, 4) is 23.7 Å². The van der Waals surface area contributed by atoms with Gasteiger partial charge in [-0.15, -0.1) is 0 Å². The Morgan fingerprint density at radius 3 is 0.700 bits per heavy atom. The molecule has 0 heteroatoms. The van der Waals surface area contributed by atoms with E-state index in [4.69, 9.17) is 0 Å². The smallest absolute Gasteiger partial charge is 0.0362 e. The van der Waals surface area contributed by atoms with Crippen LogP contribution in [0.25, 0.3) is 0 Å². The molecule has 0 saturated heterocycles. The van der Waals surface area contributed by atoms with Crippen molar-refractivity contribution in [1.82, 2.24) is 0 Å². The van der Waals surface area contributed by atoms with Crippen LogP contribution in [-0.2, 0) is 0 Å². The number of hydrogen-bond acceptors (Lipinski definition) is 0. The molecule has 0 unspecified atom stereocenters. The zero-order valence-corrected chi connectivity index (χ0v) is 27.3. The average Bonchev–Trinajstić information content (AvgIpc) is 3.19. The minimum absolute atomic E-state index is 0.0796. The van der Waals surface area contributed by atoms with Gasteiger partial charge in [-0.1, -0.05) is 157 Å². The van der Waals surface area contributed by atoms with E-state index in [1.807, 2.05) is 0 Å². The van der Waals surface area contributed by atoms with E-state index in [-0.39, 0.29) is 23.7 Å². The Morgan fingerprint density at radius 1 is 0.240 bits per heavy atom. The molecule has 230 valence electrons. The summed E-state index contributed by atoms with van der Waals surface area (Å²) in [5, 5.41) is 0. The molecule has 0 radical (unpaired) electrons. The summed E-state index contributed by atoms with van der Waals surface area (Å²) >= 11 is 0. The standard InChI is InChI=1S/C50H30/c1-3-15-31(16-4-1)27-29-41-47-43-33-19-7-11-23-37(33)45(38-24-12-8-20-34(38)43)49(47)42(30-28-32-17-5-2-6-18-32)50-46-39-25-13-9-21-35(39)44(48(41)50)36-22-10-14-26-40(36)46/h1-26,43-46H. The lowest BCUT2D eigenvalue weighted by molar-refractivity contribution is 0.710. The predicted octanol–water partition coefficient (Wildman–Crippen LogP) is 10.5. The fourth-order valence-corrected chi connectivity index (χ4v) is 9.67. The Labute approximate surface area is 293 Å². The molecular formula is C50H30. The van der Waals surface area contributed by atoms with Crippen molar-refractivity contribution in [1.29, 1.82) is 0 Å². The zero-order chi connectivity index (χ0) is 32.8. The van der Waals surface area contributed by atoms with Crippen molar-refractivity contribution in [2.75, 3.05) is 0 Å². The molecule has 6 aliphatic carbocycles. The predicted molar refractivity (Wildman–Crippen MR) is 201 cm³/mol. The fraction of sp³-hybridized carbons (Fsp3) is 0.0800. The largest absolute Gasteiger partial charge is 0.0622 e. The Balaban J connectivity index is 1.33. The molecule has 4 bridgehead atoms. The van der Waals surface area contributed by atoms with E-state index in [1.54, 1.807) is 0 Å². The molecule has 0 spiro atoms. The molecule has 0 N–H and O–H groups in total. The first-order valence-electron chi connectivity index (χ1n) is 17.6. The molecule has 0 atom stereocenters. The maximum absolute atomic E-state index is 3.91. The monoisotopic (exact) mass is 630 g/mol. The van der Waals surface area contributed by atoms with Crippen molar-refractivity contribution >= 4 is 0 Å². The SMILES string of the molecule is C(#Cc1c2c(c(C#Cc3ccccc3)c3c1C1c4ccccc4C3c3ccccc31)C1c3ccccc3C2c2ccccc21)c1ccccc1. The number of rotatable bonds is 0. The van der Waals surface area contributed by atoms with Crippen LogP contribution in [0.1, 0.15) is 113 Å². The highest BCUT2D eigenvalue weighted by Crippen LogP contribution is 2.63. The Bertz CT molecular complexity index is 2260. The van der Waals surface area contributed by atoms with Gasteiger partial charge in [0.05, 0.1) is 0 Å². The molecule has 0 aliphatic heterocycles. The molecule has 13 rings (SSSR count). The highest BCUT2D eigenvalue weighted by atomic mass is 14.5. The van der Waals surface area contributed by atoms with Gasteiger partial charge >= 0.3 is 0 Å². The van der Waals surface area contributed by atoms with Crippen LogP contribution in [0.3, 0.4) is 0 Å². The Kier molecular flexibility index (Phi) is 5.84. The van der Waals surface area contributed by atoms with E-state index < -0.39 is 0 Å². The van der Waals surface area contributed by atoms with Crippen LogP contribution in [0, 0.1) is 23.7 Å². The first-order valence-corrected chi connectivity index (χ1v) is 17.6. The maximum Gasteiger partial charge on any atom is 0.0362 e. The number of benzene rings is 7. The molecule has 0 saturated carbocycles. The van der Waals surface area contributed by atoms with E-state index in [9.17, 15) is 0 Å². The lowest BCUT2D eigenvalue weighted by Crippen LogP contribution is -2.35. The molecule has 0 aromatic heterocycles. The normalized spacial score (nSPS) is 18.9. The van der Waals surface area contributed by atoms with Gasteiger partial charge in [0.1, 0.15) is 0 Å². The van der Waals surface area contributed by atoms with Gasteiger partial charge < -0.3 is 0 Å². The van der Waals surface area contributed by atoms with E-state index in [0.29, 0.717) is 0 Å². The van der Waals surface area contributed by atoms with Crippen LogP contribution in [-0.4, -0.2) is 0 Å². The van der Waals surface area contributed by atoms with E-state index >= 15 is 0 Å². The van der Waals surface area contributed by atoms with Gasteiger partial charge in [0.15, 0.2) is 0 Å². The van der Waals surface area contributed by atoms with Crippen LogP contribution in [0.15, 0.2) is 158 Å². The summed E-state index contributed by atoms with van der Waals surface area (Å²) in [6, 6.07) is 57.5. The van der Waals surface area contributed by atoms with Gasteiger partial charge in [-0.05, 0) is 91.0 Å². The molecule has 50 heavy (non-hydrogen) atoms. The third-order valence-electron chi connectivity index (χ3n) is 11.5. The van der Waals surface area contributed by atoms with Crippen LogP contribution in [0.5, 0.6) is 0 Å². The number of hydrogen-bond donors (Lipinski definition) is 0. The molecule has 0 nitrogen and oxygen atoms in total. The molecular weight excluding hydrogens is 601 g/mol. The lowest BCUT2D eigenvalue weighted by Gasteiger charge is -2.48. The van der Waals surface area contributed by atoms with Gasteiger partial charge in [-0.3, -0.25) is 0 Å².